The number of amides is 2. The van der Waals surface area contributed by atoms with Crippen molar-refractivity contribution in [2.24, 2.45) is 0 Å². The summed E-state index contributed by atoms with van der Waals surface area (Å²) in [5.41, 5.74) is -0.510. The molecule has 2 aromatic carbocycles. The second-order valence-corrected chi connectivity index (χ2v) is 5.28. The number of ether oxygens (including phenoxy) is 1. The maximum atomic E-state index is 12.7. The van der Waals surface area contributed by atoms with Gasteiger partial charge in [0.2, 0.25) is 11.8 Å². The molecule has 8 heteroatoms. The Balaban J connectivity index is 1.97. The lowest BCUT2D eigenvalue weighted by atomic mass is 10.2. The van der Waals surface area contributed by atoms with Crippen LogP contribution in [-0.2, 0) is 15.8 Å². The summed E-state index contributed by atoms with van der Waals surface area (Å²) in [5.74, 6) is -0.876. The number of rotatable bonds is 6. The van der Waals surface area contributed by atoms with E-state index in [0.717, 1.165) is 12.1 Å². The zero-order chi connectivity index (χ0) is 19.2. The Hall–Kier alpha value is -3.03. The largest absolute Gasteiger partial charge is 0.492 e. The van der Waals surface area contributed by atoms with Gasteiger partial charge in [-0.3, -0.25) is 9.59 Å². The smallest absolute Gasteiger partial charge is 0.416 e. The predicted molar refractivity (Wildman–Crippen MR) is 90.9 cm³/mol. The molecule has 2 aromatic rings. The van der Waals surface area contributed by atoms with Crippen LogP contribution in [0.3, 0.4) is 0 Å². The van der Waals surface area contributed by atoms with E-state index in [1.54, 1.807) is 31.2 Å². The zero-order valence-corrected chi connectivity index (χ0v) is 13.9. The first kappa shape index (κ1) is 19.3. The van der Waals surface area contributed by atoms with Crippen molar-refractivity contribution in [1.29, 1.82) is 0 Å². The number of anilines is 2. The van der Waals surface area contributed by atoms with Gasteiger partial charge in [-0.1, -0.05) is 18.2 Å². The highest BCUT2D eigenvalue weighted by molar-refractivity contribution is 6.08. The lowest BCUT2D eigenvalue weighted by molar-refractivity contribution is -0.137. The van der Waals surface area contributed by atoms with Crippen molar-refractivity contribution in [1.82, 2.24) is 0 Å². The van der Waals surface area contributed by atoms with Gasteiger partial charge in [0.25, 0.3) is 0 Å². The van der Waals surface area contributed by atoms with Crippen molar-refractivity contribution in [2.45, 2.75) is 19.5 Å². The van der Waals surface area contributed by atoms with Crippen LogP contribution in [0.15, 0.2) is 48.5 Å². The number of alkyl halides is 3. The summed E-state index contributed by atoms with van der Waals surface area (Å²) in [4.78, 5) is 23.9. The number of carbonyl (C=O) groups excluding carboxylic acids is 2. The lowest BCUT2D eigenvalue weighted by Crippen LogP contribution is -2.22. The van der Waals surface area contributed by atoms with Gasteiger partial charge in [-0.2, -0.15) is 13.2 Å². The number of hydrogen-bond acceptors (Lipinski definition) is 3. The highest BCUT2D eigenvalue weighted by atomic mass is 19.4. The predicted octanol–water partition coefficient (Wildman–Crippen LogP) is 4.07. The van der Waals surface area contributed by atoms with Crippen molar-refractivity contribution in [2.75, 3.05) is 17.2 Å². The molecule has 0 saturated heterocycles. The second kappa shape index (κ2) is 8.37. The van der Waals surface area contributed by atoms with E-state index in [1.807, 2.05) is 0 Å². The SMILES string of the molecule is CCOc1ccccc1NC(=O)CC(=O)Nc1cccc(C(F)(F)F)c1. The van der Waals surface area contributed by atoms with E-state index in [4.69, 9.17) is 4.74 Å². The molecule has 2 rings (SSSR count). The first-order chi connectivity index (χ1) is 12.3. The van der Waals surface area contributed by atoms with Crippen LogP contribution < -0.4 is 15.4 Å². The van der Waals surface area contributed by atoms with E-state index in [-0.39, 0.29) is 5.69 Å². The van der Waals surface area contributed by atoms with E-state index >= 15 is 0 Å². The molecule has 0 aromatic heterocycles. The van der Waals surface area contributed by atoms with Crippen LogP contribution in [0, 0.1) is 0 Å². The Morgan fingerprint density at radius 1 is 1.00 bits per heavy atom. The Morgan fingerprint density at radius 2 is 1.69 bits per heavy atom. The zero-order valence-electron chi connectivity index (χ0n) is 13.9. The Labute approximate surface area is 148 Å². The molecule has 26 heavy (non-hydrogen) atoms. The summed E-state index contributed by atoms with van der Waals surface area (Å²) in [6, 6.07) is 10.9. The first-order valence-electron chi connectivity index (χ1n) is 7.78. The normalized spacial score (nSPS) is 10.9. The van der Waals surface area contributed by atoms with Crippen LogP contribution in [-0.4, -0.2) is 18.4 Å². The molecule has 2 amide bonds. The molecule has 0 atom stereocenters. The van der Waals surface area contributed by atoms with E-state index < -0.39 is 30.0 Å². The number of hydrogen-bond donors (Lipinski definition) is 2. The molecular weight excluding hydrogens is 349 g/mol. The third-order valence-electron chi connectivity index (χ3n) is 3.26. The van der Waals surface area contributed by atoms with Gasteiger partial charge in [0.1, 0.15) is 12.2 Å². The van der Waals surface area contributed by atoms with Gasteiger partial charge >= 0.3 is 6.18 Å². The van der Waals surface area contributed by atoms with Gasteiger partial charge in [-0.15, -0.1) is 0 Å². The van der Waals surface area contributed by atoms with Crippen molar-refractivity contribution >= 4 is 23.2 Å². The van der Waals surface area contributed by atoms with Gasteiger partial charge in [0.15, 0.2) is 0 Å². The number of benzene rings is 2. The van der Waals surface area contributed by atoms with Gasteiger partial charge in [-0.25, -0.2) is 0 Å². The number of nitrogens with one attached hydrogen (secondary N) is 2. The molecule has 0 aliphatic carbocycles. The van der Waals surface area contributed by atoms with E-state index in [2.05, 4.69) is 10.6 Å². The van der Waals surface area contributed by atoms with Crippen LogP contribution in [0.2, 0.25) is 0 Å². The molecule has 0 saturated carbocycles. The first-order valence-corrected chi connectivity index (χ1v) is 7.78. The quantitative estimate of drug-likeness (QED) is 0.758. The van der Waals surface area contributed by atoms with E-state index in [1.165, 1.54) is 12.1 Å². The fourth-order valence-electron chi connectivity index (χ4n) is 2.17. The summed E-state index contributed by atoms with van der Waals surface area (Å²) in [6.07, 6.45) is -5.06. The molecule has 138 valence electrons. The monoisotopic (exact) mass is 366 g/mol. The molecule has 0 bridgehead atoms. The Bertz CT molecular complexity index is 791. The van der Waals surface area contributed by atoms with Crippen LogP contribution in [0.5, 0.6) is 5.75 Å². The topological polar surface area (TPSA) is 67.4 Å². The van der Waals surface area contributed by atoms with Crippen LogP contribution in [0.25, 0.3) is 0 Å². The standard InChI is InChI=1S/C18H17F3N2O3/c1-2-26-15-9-4-3-8-14(15)23-17(25)11-16(24)22-13-7-5-6-12(10-13)18(19,20)21/h3-10H,2,11H2,1H3,(H,22,24)(H,23,25). The number of halogens is 3. The van der Waals surface area contributed by atoms with E-state index in [9.17, 15) is 22.8 Å². The molecule has 0 aliphatic heterocycles. The van der Waals surface area contributed by atoms with E-state index in [0.29, 0.717) is 18.0 Å². The Kier molecular flexibility index (Phi) is 6.21. The summed E-state index contributed by atoms with van der Waals surface area (Å²) in [5, 5.41) is 4.82. The minimum Gasteiger partial charge on any atom is -0.492 e. The third kappa shape index (κ3) is 5.51. The lowest BCUT2D eigenvalue weighted by Gasteiger charge is -2.12. The van der Waals surface area contributed by atoms with Crippen molar-refractivity contribution in [3.05, 3.63) is 54.1 Å². The van der Waals surface area contributed by atoms with Gasteiger partial charge in [0, 0.05) is 5.69 Å². The van der Waals surface area contributed by atoms with Gasteiger partial charge < -0.3 is 15.4 Å². The Morgan fingerprint density at radius 3 is 2.38 bits per heavy atom. The molecule has 0 radical (unpaired) electrons. The minimum absolute atomic E-state index is 0.0349. The van der Waals surface area contributed by atoms with Gasteiger partial charge in [-0.05, 0) is 37.3 Å². The summed E-state index contributed by atoms with van der Waals surface area (Å²) in [6.45, 7) is 2.20. The molecule has 0 fully saturated rings. The van der Waals surface area contributed by atoms with Crippen molar-refractivity contribution in [3.8, 4) is 5.75 Å². The molecule has 2 N–H and O–H groups in total. The van der Waals surface area contributed by atoms with Crippen molar-refractivity contribution < 1.29 is 27.5 Å². The number of carbonyl (C=O) groups is 2. The molecule has 0 spiro atoms. The third-order valence-corrected chi connectivity index (χ3v) is 3.26. The average Bonchev–Trinajstić information content (AvgIpc) is 2.56. The number of para-hydroxylation sites is 2. The summed E-state index contributed by atoms with van der Waals surface area (Å²) < 4.78 is 43.4. The van der Waals surface area contributed by atoms with Crippen LogP contribution in [0.4, 0.5) is 24.5 Å². The van der Waals surface area contributed by atoms with Gasteiger partial charge in [0.05, 0.1) is 17.9 Å². The highest BCUT2D eigenvalue weighted by Gasteiger charge is 2.30. The molecule has 5 nitrogen and oxygen atoms in total. The molecular formula is C18H17F3N2O3. The minimum atomic E-state index is -4.51. The summed E-state index contributed by atoms with van der Waals surface area (Å²) in [7, 11) is 0. The summed E-state index contributed by atoms with van der Waals surface area (Å²) >= 11 is 0. The fourth-order valence-corrected chi connectivity index (χ4v) is 2.17. The van der Waals surface area contributed by atoms with Crippen LogP contribution >= 0.6 is 0 Å². The molecule has 0 aliphatic rings. The average molecular weight is 366 g/mol. The molecule has 0 unspecified atom stereocenters. The maximum absolute atomic E-state index is 12.7. The molecule has 0 heterocycles. The van der Waals surface area contributed by atoms with Crippen molar-refractivity contribution in [3.63, 3.8) is 0 Å². The second-order valence-electron chi connectivity index (χ2n) is 5.28. The van der Waals surface area contributed by atoms with Crippen LogP contribution in [0.1, 0.15) is 18.9 Å². The fraction of sp³-hybridized carbons (Fsp3) is 0.222. The highest BCUT2D eigenvalue weighted by Crippen LogP contribution is 2.30. The maximum Gasteiger partial charge on any atom is 0.416 e.